The van der Waals surface area contributed by atoms with Crippen molar-refractivity contribution in [3.05, 3.63) is 76.2 Å². The van der Waals surface area contributed by atoms with Crippen molar-refractivity contribution in [1.82, 2.24) is 19.8 Å². The second-order valence-electron chi connectivity index (χ2n) is 9.92. The Labute approximate surface area is 216 Å². The van der Waals surface area contributed by atoms with Gasteiger partial charge in [0.1, 0.15) is 5.75 Å². The van der Waals surface area contributed by atoms with Gasteiger partial charge in [0, 0.05) is 61.7 Å². The summed E-state index contributed by atoms with van der Waals surface area (Å²) in [5, 5.41) is 26.0. The van der Waals surface area contributed by atoms with E-state index in [1.54, 1.807) is 12.1 Å². The number of aromatic hydroxyl groups is 1. The van der Waals surface area contributed by atoms with Gasteiger partial charge in [-0.3, -0.25) is 4.79 Å². The number of aryl methyl sites for hydroxylation is 1. The van der Waals surface area contributed by atoms with Gasteiger partial charge in [0.05, 0.1) is 11.6 Å². The lowest BCUT2D eigenvalue weighted by atomic mass is 10.0. The molecule has 192 valence electrons. The highest BCUT2D eigenvalue weighted by atomic mass is 16.3. The summed E-state index contributed by atoms with van der Waals surface area (Å²) in [7, 11) is 2.21. The highest BCUT2D eigenvalue weighted by Gasteiger charge is 2.16. The van der Waals surface area contributed by atoms with Crippen LogP contribution >= 0.6 is 0 Å². The molecule has 0 spiro atoms. The average Bonchev–Trinajstić information content (AvgIpc) is 3.31. The van der Waals surface area contributed by atoms with Crippen LogP contribution in [-0.4, -0.2) is 50.8 Å². The summed E-state index contributed by atoms with van der Waals surface area (Å²) in [6.07, 6.45) is 5.67. The Morgan fingerprint density at radius 1 is 1.19 bits per heavy atom. The van der Waals surface area contributed by atoms with Crippen LogP contribution in [0, 0.1) is 11.8 Å². The van der Waals surface area contributed by atoms with Crippen molar-refractivity contribution in [2.75, 3.05) is 20.1 Å². The molecule has 0 aliphatic heterocycles. The number of phenolic OH excluding ortho intramolecular Hbond substituents is 1. The zero-order valence-corrected chi connectivity index (χ0v) is 21.2. The monoisotopic (exact) mass is 498 g/mol. The van der Waals surface area contributed by atoms with Crippen LogP contribution in [0.2, 0.25) is 0 Å². The number of pyridine rings is 1. The molecule has 0 saturated heterocycles. The van der Waals surface area contributed by atoms with Gasteiger partial charge in [-0.2, -0.15) is 0 Å². The maximum absolute atomic E-state index is 11.6. The Hall–Kier alpha value is -3.57. The third-order valence-electron chi connectivity index (χ3n) is 7.37. The molecule has 0 saturated carbocycles. The summed E-state index contributed by atoms with van der Waals surface area (Å²) in [6.45, 7) is 3.03. The molecule has 1 unspecified atom stereocenters. The zero-order chi connectivity index (χ0) is 25.8. The van der Waals surface area contributed by atoms with Gasteiger partial charge < -0.3 is 30.0 Å². The van der Waals surface area contributed by atoms with Crippen LogP contribution in [0.1, 0.15) is 42.9 Å². The molecule has 4 aromatic rings. The van der Waals surface area contributed by atoms with Gasteiger partial charge in [-0.1, -0.05) is 12.1 Å². The molecule has 0 radical (unpaired) electrons. The second kappa shape index (κ2) is 11.2. The molecule has 7 heteroatoms. The van der Waals surface area contributed by atoms with Crippen LogP contribution in [0.5, 0.6) is 5.75 Å². The minimum absolute atomic E-state index is 0.0112. The molecule has 0 bridgehead atoms. The number of aliphatic hydroxyl groups is 1. The van der Waals surface area contributed by atoms with Gasteiger partial charge in [0.2, 0.25) is 5.56 Å². The first-order chi connectivity index (χ1) is 18.0. The minimum Gasteiger partial charge on any atom is -0.506 e. The van der Waals surface area contributed by atoms with Gasteiger partial charge in [0.15, 0.2) is 0 Å². The van der Waals surface area contributed by atoms with Crippen molar-refractivity contribution in [2.24, 2.45) is 0 Å². The fraction of sp³-hybridized carbons (Fsp3) is 0.367. The number of fused-ring (bicyclic) bond motifs is 2. The molecular weight excluding hydrogens is 464 g/mol. The molecule has 2 aromatic heterocycles. The summed E-state index contributed by atoms with van der Waals surface area (Å²) >= 11 is 0. The maximum Gasteiger partial charge on any atom is 0.248 e. The lowest BCUT2D eigenvalue weighted by molar-refractivity contribution is 0.176. The highest BCUT2D eigenvalue weighted by molar-refractivity contribution is 5.87. The summed E-state index contributed by atoms with van der Waals surface area (Å²) < 4.78 is 2.32. The summed E-state index contributed by atoms with van der Waals surface area (Å²) in [5.74, 6) is 6.43. The van der Waals surface area contributed by atoms with E-state index in [-0.39, 0.29) is 11.3 Å². The lowest BCUT2D eigenvalue weighted by Crippen LogP contribution is -2.33. The van der Waals surface area contributed by atoms with E-state index in [1.807, 2.05) is 0 Å². The molecule has 2 aromatic carbocycles. The Balaban J connectivity index is 1.16. The van der Waals surface area contributed by atoms with Gasteiger partial charge in [-0.15, -0.1) is 11.8 Å². The molecule has 7 nitrogen and oxygen atoms in total. The lowest BCUT2D eigenvalue weighted by Gasteiger charge is -2.27. The first-order valence-electron chi connectivity index (χ1n) is 13.0. The zero-order valence-electron chi connectivity index (χ0n) is 21.2. The average molecular weight is 499 g/mol. The first-order valence-corrected chi connectivity index (χ1v) is 13.0. The van der Waals surface area contributed by atoms with E-state index >= 15 is 0 Å². The number of hydrogen-bond donors (Lipinski definition) is 4. The quantitative estimate of drug-likeness (QED) is 0.249. The number of rotatable bonds is 10. The second-order valence-corrected chi connectivity index (χ2v) is 9.92. The van der Waals surface area contributed by atoms with Crippen LogP contribution < -0.4 is 10.9 Å². The van der Waals surface area contributed by atoms with Gasteiger partial charge >= 0.3 is 0 Å². The third kappa shape index (κ3) is 5.72. The fourth-order valence-corrected chi connectivity index (χ4v) is 5.24. The van der Waals surface area contributed by atoms with Crippen LogP contribution in [-0.2, 0) is 13.1 Å². The summed E-state index contributed by atoms with van der Waals surface area (Å²) in [4.78, 5) is 16.7. The molecule has 2 atom stereocenters. The van der Waals surface area contributed by atoms with Crippen molar-refractivity contribution in [1.29, 1.82) is 0 Å². The van der Waals surface area contributed by atoms with Crippen LogP contribution in [0.4, 0.5) is 0 Å². The summed E-state index contributed by atoms with van der Waals surface area (Å²) in [6, 6.07) is 15.5. The molecule has 2 heterocycles. The van der Waals surface area contributed by atoms with Gasteiger partial charge in [-0.25, -0.2) is 0 Å². The molecule has 1 aliphatic rings. The molecule has 4 N–H and O–H groups in total. The number of nitrogens with one attached hydrogen (secondary N) is 2. The van der Waals surface area contributed by atoms with E-state index in [0.717, 1.165) is 37.9 Å². The van der Waals surface area contributed by atoms with Crippen molar-refractivity contribution in [3.8, 4) is 17.6 Å². The Morgan fingerprint density at radius 2 is 2.08 bits per heavy atom. The first kappa shape index (κ1) is 25.1. The van der Waals surface area contributed by atoms with Crippen LogP contribution in [0.15, 0.2) is 59.5 Å². The number of aromatic nitrogens is 2. The number of aromatic amines is 1. The predicted octanol–water partition coefficient (Wildman–Crippen LogP) is 3.89. The van der Waals surface area contributed by atoms with E-state index in [0.29, 0.717) is 35.6 Å². The van der Waals surface area contributed by atoms with Crippen molar-refractivity contribution >= 4 is 21.8 Å². The number of phenols is 1. The number of aliphatic hydroxyl groups excluding tert-OH is 1. The number of nitrogens with zero attached hydrogens (tertiary/aromatic N) is 2. The molecule has 0 fully saturated rings. The molecule has 5 rings (SSSR count). The summed E-state index contributed by atoms with van der Waals surface area (Å²) in [5.41, 5.74) is 3.09. The van der Waals surface area contributed by atoms with Crippen LogP contribution in [0.25, 0.3) is 21.8 Å². The highest BCUT2D eigenvalue weighted by Crippen LogP contribution is 2.28. The number of hydrogen-bond acceptors (Lipinski definition) is 5. The van der Waals surface area contributed by atoms with E-state index in [9.17, 15) is 15.0 Å². The van der Waals surface area contributed by atoms with Gasteiger partial charge in [-0.05, 0) is 73.3 Å². The van der Waals surface area contributed by atoms with Crippen LogP contribution in [0.3, 0.4) is 0 Å². The molecule has 0 amide bonds. The number of benzene rings is 2. The van der Waals surface area contributed by atoms with Gasteiger partial charge in [0.25, 0.3) is 0 Å². The SMILES string of the molecule is CN(CCCn1ccc2cc(CNC[C@H](O)c3ccc(O)c4[nH]c(=O)ccc34)ccc21)C1CC#CCC1. The maximum atomic E-state index is 11.6. The Bertz CT molecular complexity index is 1510. The predicted molar refractivity (Wildman–Crippen MR) is 147 cm³/mol. The van der Waals surface area contributed by atoms with E-state index in [1.165, 1.54) is 29.5 Å². The normalized spacial score (nSPS) is 16.2. The minimum atomic E-state index is -0.780. The van der Waals surface area contributed by atoms with E-state index in [2.05, 4.69) is 69.1 Å². The van der Waals surface area contributed by atoms with Crippen molar-refractivity contribution < 1.29 is 10.2 Å². The standard InChI is InChI=1S/C30H34N4O3/c1-33(23-6-3-2-4-7-23)15-5-16-34-17-14-22-18-21(8-11-26(22)34)19-31-20-28(36)24-9-12-27(35)30-25(24)10-13-29(37)32-30/h8-14,17-18,23,28,31,35-36H,3,5-7,15-16,19-20H2,1H3,(H,32,37)/t23?,28-/m0/s1. The van der Waals surface area contributed by atoms with E-state index in [4.69, 9.17) is 0 Å². The topological polar surface area (TPSA) is 93.5 Å². The number of H-pyrrole nitrogens is 1. The molecular formula is C30H34N4O3. The largest absolute Gasteiger partial charge is 0.506 e. The Morgan fingerprint density at radius 3 is 2.92 bits per heavy atom. The third-order valence-corrected chi connectivity index (χ3v) is 7.37. The van der Waals surface area contributed by atoms with Crippen molar-refractivity contribution in [3.63, 3.8) is 0 Å². The van der Waals surface area contributed by atoms with Crippen molar-refractivity contribution in [2.45, 2.75) is 50.9 Å². The smallest absolute Gasteiger partial charge is 0.248 e. The fourth-order valence-electron chi connectivity index (χ4n) is 5.24. The van der Waals surface area contributed by atoms with E-state index < -0.39 is 6.10 Å². The Kier molecular flexibility index (Phi) is 7.61. The molecule has 1 aliphatic carbocycles. The molecule has 37 heavy (non-hydrogen) atoms.